The highest BCUT2D eigenvalue weighted by molar-refractivity contribution is 8.01. The predicted molar refractivity (Wildman–Crippen MR) is 182 cm³/mol. The fourth-order valence-electron chi connectivity index (χ4n) is 4.86. The maximum atomic E-state index is 12.7. The molecule has 1 saturated heterocycles. The number of thioether (sulfide) groups is 1. The van der Waals surface area contributed by atoms with Gasteiger partial charge in [-0.3, -0.25) is 9.69 Å². The van der Waals surface area contributed by atoms with Gasteiger partial charge in [-0.25, -0.2) is 9.78 Å². The first-order valence-electron chi connectivity index (χ1n) is 14.9. The van der Waals surface area contributed by atoms with Gasteiger partial charge in [0.15, 0.2) is 4.34 Å². The van der Waals surface area contributed by atoms with E-state index in [-0.39, 0.29) is 11.9 Å². The molecule has 2 N–H and O–H groups in total. The van der Waals surface area contributed by atoms with E-state index in [1.165, 1.54) is 23.1 Å². The summed E-state index contributed by atoms with van der Waals surface area (Å²) in [6.07, 6.45) is 1.70. The van der Waals surface area contributed by atoms with Crippen LogP contribution in [0.1, 0.15) is 45.1 Å². The van der Waals surface area contributed by atoms with Gasteiger partial charge in [0.05, 0.1) is 21.5 Å². The summed E-state index contributed by atoms with van der Waals surface area (Å²) in [5.41, 5.74) is 3.09. The second-order valence-electron chi connectivity index (χ2n) is 11.9. The summed E-state index contributed by atoms with van der Waals surface area (Å²) < 4.78 is 11.4. The predicted octanol–water partition coefficient (Wildman–Crippen LogP) is 7.11. The molecule has 244 valence electrons. The van der Waals surface area contributed by atoms with E-state index < -0.39 is 11.7 Å². The average molecular weight is 704 g/mol. The Bertz CT molecular complexity index is 1650. The minimum atomic E-state index is -0.562. The van der Waals surface area contributed by atoms with Gasteiger partial charge in [-0.2, -0.15) is 4.98 Å². The summed E-state index contributed by atoms with van der Waals surface area (Å²) in [6.45, 7) is 8.37. The number of carbonyl (C=O) groups is 2. The number of halogens is 2. The smallest absolute Gasteiger partial charge is 0.407 e. The lowest BCUT2D eigenvalue weighted by atomic mass is 10.0. The number of rotatable bonds is 11. The number of likely N-dealkylation sites (tertiary alicyclic amines) is 1. The van der Waals surface area contributed by atoms with Gasteiger partial charge in [-0.15, -0.1) is 11.3 Å². The second-order valence-corrected chi connectivity index (χ2v) is 14.8. The van der Waals surface area contributed by atoms with Crippen molar-refractivity contribution in [3.63, 3.8) is 0 Å². The largest absolute Gasteiger partial charge is 0.444 e. The number of amides is 2. The molecular formula is C32H36Cl2N6O4S2. The minimum Gasteiger partial charge on any atom is -0.444 e. The summed E-state index contributed by atoms with van der Waals surface area (Å²) in [5.74, 6) is 1.19. The molecule has 10 nitrogen and oxygen atoms in total. The van der Waals surface area contributed by atoms with Crippen LogP contribution in [0.25, 0.3) is 22.6 Å². The molecule has 46 heavy (non-hydrogen) atoms. The normalized spacial score (nSPS) is 14.3. The van der Waals surface area contributed by atoms with Crippen LogP contribution in [0.4, 0.5) is 4.79 Å². The van der Waals surface area contributed by atoms with Gasteiger partial charge in [0.25, 0.3) is 0 Å². The zero-order valence-electron chi connectivity index (χ0n) is 25.8. The zero-order chi connectivity index (χ0) is 32.7. The fourth-order valence-corrected chi connectivity index (χ4v) is 6.83. The molecule has 4 aromatic rings. The van der Waals surface area contributed by atoms with Crippen LogP contribution in [-0.2, 0) is 22.5 Å². The fraction of sp³-hybridized carbons (Fsp3) is 0.406. The number of benzene rings is 2. The molecule has 0 atom stereocenters. The van der Waals surface area contributed by atoms with Gasteiger partial charge in [0, 0.05) is 55.1 Å². The molecule has 2 aromatic carbocycles. The van der Waals surface area contributed by atoms with E-state index in [4.69, 9.17) is 37.4 Å². The summed E-state index contributed by atoms with van der Waals surface area (Å²) in [7, 11) is 0. The Morgan fingerprint density at radius 1 is 1.09 bits per heavy atom. The van der Waals surface area contributed by atoms with Crippen LogP contribution >= 0.6 is 46.3 Å². The van der Waals surface area contributed by atoms with Crippen molar-refractivity contribution in [2.75, 3.05) is 25.4 Å². The van der Waals surface area contributed by atoms with Crippen LogP contribution in [0.2, 0.25) is 10.0 Å². The van der Waals surface area contributed by atoms with Crippen molar-refractivity contribution in [3.05, 3.63) is 69.3 Å². The van der Waals surface area contributed by atoms with Gasteiger partial charge < -0.3 is 19.9 Å². The SMILES string of the molecule is CC(C)(C)OC(=O)NCCc1nc(-c2cccc(-c3csc(SCC(=O)NC4CCN(Cc5ccc(Cl)c(Cl)c5)CC4)n3)c2)no1. The molecule has 0 radical (unpaired) electrons. The number of hydrogen-bond acceptors (Lipinski definition) is 10. The molecule has 0 aliphatic carbocycles. The lowest BCUT2D eigenvalue weighted by Crippen LogP contribution is -2.44. The Kier molecular flexibility index (Phi) is 11.6. The zero-order valence-corrected chi connectivity index (χ0v) is 29.0. The standard InChI is InChI=1S/C32H36Cl2N6O4S2/c1-32(2,3)43-30(42)35-12-9-28-38-29(39-44-28)22-6-4-5-21(16-22)26-18-45-31(37-26)46-19-27(41)36-23-10-13-40(14-11-23)17-20-7-8-24(33)25(34)15-20/h4-8,15-16,18,23H,9-14,17,19H2,1-3H3,(H,35,42)(H,36,41). The molecule has 2 aromatic heterocycles. The van der Waals surface area contributed by atoms with E-state index in [1.54, 1.807) is 0 Å². The number of ether oxygens (including phenoxy) is 1. The molecule has 0 saturated carbocycles. The van der Waals surface area contributed by atoms with Gasteiger partial charge in [-0.1, -0.05) is 64.4 Å². The number of thiazole rings is 1. The van der Waals surface area contributed by atoms with Gasteiger partial charge in [-0.05, 0) is 57.4 Å². The van der Waals surface area contributed by atoms with E-state index in [0.717, 1.165) is 59.2 Å². The van der Waals surface area contributed by atoms with Crippen LogP contribution in [0, 0.1) is 0 Å². The van der Waals surface area contributed by atoms with Crippen LogP contribution in [-0.4, -0.2) is 69.1 Å². The van der Waals surface area contributed by atoms with E-state index in [2.05, 4.69) is 25.7 Å². The van der Waals surface area contributed by atoms with E-state index >= 15 is 0 Å². The second kappa shape index (κ2) is 15.6. The maximum Gasteiger partial charge on any atom is 0.407 e. The first-order valence-corrected chi connectivity index (χ1v) is 17.6. The number of nitrogens with zero attached hydrogens (tertiary/aromatic N) is 4. The Morgan fingerprint density at radius 2 is 1.87 bits per heavy atom. The number of hydrogen-bond donors (Lipinski definition) is 2. The summed E-state index contributed by atoms with van der Waals surface area (Å²) in [4.78, 5) is 36.1. The first-order chi connectivity index (χ1) is 22.0. The summed E-state index contributed by atoms with van der Waals surface area (Å²) >= 11 is 15.1. The monoisotopic (exact) mass is 702 g/mol. The van der Waals surface area contributed by atoms with Gasteiger partial charge in [0.2, 0.25) is 17.6 Å². The number of nitrogens with one attached hydrogen (secondary N) is 2. The Balaban J connectivity index is 1.06. The average Bonchev–Trinajstić information content (AvgIpc) is 3.69. The molecule has 3 heterocycles. The number of alkyl carbamates (subject to hydrolysis) is 1. The van der Waals surface area contributed by atoms with Crippen molar-refractivity contribution in [2.45, 2.75) is 62.6 Å². The number of carbonyl (C=O) groups excluding carboxylic acids is 2. The van der Waals surface area contributed by atoms with Crippen molar-refractivity contribution in [1.82, 2.24) is 30.7 Å². The molecule has 0 unspecified atom stereocenters. The Hall–Kier alpha value is -3.16. The summed E-state index contributed by atoms with van der Waals surface area (Å²) in [6, 6.07) is 13.7. The lowest BCUT2D eigenvalue weighted by molar-refractivity contribution is -0.119. The highest BCUT2D eigenvalue weighted by Crippen LogP contribution is 2.30. The first kappa shape index (κ1) is 34.2. The minimum absolute atomic E-state index is 0.0147. The molecule has 1 aliphatic heterocycles. The molecule has 1 aliphatic rings. The molecule has 14 heteroatoms. The Labute approximate surface area is 286 Å². The third-order valence-corrected chi connectivity index (χ3v) is 9.80. The van der Waals surface area contributed by atoms with Crippen LogP contribution in [0.15, 0.2) is 56.7 Å². The van der Waals surface area contributed by atoms with Crippen LogP contribution in [0.3, 0.4) is 0 Å². The number of piperidine rings is 1. The molecular weight excluding hydrogens is 667 g/mol. The van der Waals surface area contributed by atoms with Crippen molar-refractivity contribution in [2.24, 2.45) is 0 Å². The van der Waals surface area contributed by atoms with E-state index in [1.807, 2.05) is 68.6 Å². The summed E-state index contributed by atoms with van der Waals surface area (Å²) in [5, 5.41) is 13.1. The third-order valence-electron chi connectivity index (χ3n) is 7.04. The quantitative estimate of drug-likeness (QED) is 0.158. The molecule has 0 spiro atoms. The Morgan fingerprint density at radius 3 is 2.63 bits per heavy atom. The molecule has 1 fully saturated rings. The van der Waals surface area contributed by atoms with Crippen LogP contribution in [0.5, 0.6) is 0 Å². The van der Waals surface area contributed by atoms with E-state index in [0.29, 0.717) is 40.5 Å². The van der Waals surface area contributed by atoms with Gasteiger partial charge >= 0.3 is 6.09 Å². The van der Waals surface area contributed by atoms with Gasteiger partial charge in [0.1, 0.15) is 5.60 Å². The van der Waals surface area contributed by atoms with Crippen molar-refractivity contribution in [1.29, 1.82) is 0 Å². The van der Waals surface area contributed by atoms with Crippen molar-refractivity contribution < 1.29 is 18.8 Å². The third kappa shape index (κ3) is 10.2. The van der Waals surface area contributed by atoms with E-state index in [9.17, 15) is 9.59 Å². The topological polar surface area (TPSA) is 122 Å². The maximum absolute atomic E-state index is 12.7. The molecule has 5 rings (SSSR count). The highest BCUT2D eigenvalue weighted by atomic mass is 35.5. The lowest BCUT2D eigenvalue weighted by Gasteiger charge is -2.32. The number of aromatic nitrogens is 3. The van der Waals surface area contributed by atoms with Crippen molar-refractivity contribution >= 4 is 58.3 Å². The molecule has 2 amide bonds. The highest BCUT2D eigenvalue weighted by Gasteiger charge is 2.21. The molecule has 0 bridgehead atoms. The van der Waals surface area contributed by atoms with Crippen LogP contribution < -0.4 is 10.6 Å². The van der Waals surface area contributed by atoms with Crippen molar-refractivity contribution in [3.8, 4) is 22.6 Å².